The van der Waals surface area contributed by atoms with E-state index in [0.29, 0.717) is 30.0 Å². The number of nitrogens with zero attached hydrogens (tertiary/aromatic N) is 1. The van der Waals surface area contributed by atoms with Crippen molar-refractivity contribution < 1.29 is 48.5 Å². The molecular weight excluding hydrogens is 870 g/mol. The van der Waals surface area contributed by atoms with Crippen molar-refractivity contribution in [3.05, 3.63) is 107 Å². The third kappa shape index (κ3) is 13.4. The average molecular weight is 926 g/mol. The number of rotatable bonds is 18. The molecule has 4 aromatic carbocycles. The van der Waals surface area contributed by atoms with E-state index in [0.717, 1.165) is 11.1 Å². The number of phenolic OH excluding ortho intramolecular Hbond substituents is 1. The number of nitrogens with two attached hydrogens (primary N) is 1. The summed E-state index contributed by atoms with van der Waals surface area (Å²) in [7, 11) is 1.40. The van der Waals surface area contributed by atoms with Crippen molar-refractivity contribution in [2.75, 3.05) is 33.3 Å². The molecule has 5 atom stereocenters. The molecule has 66 heavy (non-hydrogen) atoms. The molecule has 9 N–H and O–H groups in total. The van der Waals surface area contributed by atoms with Crippen molar-refractivity contribution in [2.24, 2.45) is 5.73 Å². The second-order valence-corrected chi connectivity index (χ2v) is 16.5. The fraction of sp³-hybridized carbons (Fsp3) is 0.354. The minimum Gasteiger partial charge on any atom is -0.507 e. The fourth-order valence-electron chi connectivity index (χ4n) is 7.30. The molecule has 17 nitrogen and oxygen atoms in total. The van der Waals surface area contributed by atoms with Crippen LogP contribution in [0.3, 0.4) is 0 Å². The molecule has 18 heteroatoms. The molecule has 0 saturated heterocycles. The number of Topliss-reactive ketones (excluding diaryl/α,β-unsaturated/α-hetero) is 1. The van der Waals surface area contributed by atoms with Gasteiger partial charge in [0.2, 0.25) is 23.6 Å². The summed E-state index contributed by atoms with van der Waals surface area (Å²) in [5.74, 6) is -4.74. The number of carboxylic acid groups (broad SMARTS) is 1. The monoisotopic (exact) mass is 925 g/mol. The number of carbonyl (C=O) groups excluding carboxylic acids is 6. The Morgan fingerprint density at radius 3 is 2.23 bits per heavy atom. The number of unbranched alkanes of at least 4 members (excludes halogenated alkanes) is 1. The van der Waals surface area contributed by atoms with Crippen molar-refractivity contribution in [1.29, 1.82) is 0 Å². The molecule has 1 aliphatic heterocycles. The maximum absolute atomic E-state index is 14.7. The van der Waals surface area contributed by atoms with E-state index in [9.17, 15) is 38.7 Å². The summed E-state index contributed by atoms with van der Waals surface area (Å²) in [4.78, 5) is 94.9. The summed E-state index contributed by atoms with van der Waals surface area (Å²) >= 11 is 6.06. The number of aliphatic carboxylic acids is 1. The number of carboxylic acids is 1. The van der Waals surface area contributed by atoms with Gasteiger partial charge in [0.25, 0.3) is 5.91 Å². The van der Waals surface area contributed by atoms with Crippen LogP contribution in [0, 0.1) is 0 Å². The Kier molecular flexibility index (Phi) is 17.8. The quantitative estimate of drug-likeness (QED) is 0.0668. The Balaban J connectivity index is 1.55. The number of carbonyl (C=O) groups is 7. The van der Waals surface area contributed by atoms with Gasteiger partial charge in [-0.25, -0.2) is 0 Å². The lowest BCUT2D eigenvalue weighted by atomic mass is 9.93. The number of hydrogen-bond donors (Lipinski definition) is 8. The SMILES string of the molecule is CC(=O)[C@H](C)NC(=O)[C@@H]1Cc2ccc(O)c(c2)-c2cc(ccc2OCCNCC(=O)O)[C@H](N(C)C(=O)[C@H](CCCCN)NC(=O)c2ccc(-c3ccc(Cl)cc3)cc2)C(=O)N[C@@H](C)C(=O)N1. The minimum atomic E-state index is -1.45. The predicted molar refractivity (Wildman–Crippen MR) is 248 cm³/mol. The predicted octanol–water partition coefficient (Wildman–Crippen LogP) is 3.50. The van der Waals surface area contributed by atoms with Crippen molar-refractivity contribution in [3.63, 3.8) is 0 Å². The van der Waals surface area contributed by atoms with Gasteiger partial charge in [-0.15, -0.1) is 0 Å². The molecule has 0 aromatic heterocycles. The van der Waals surface area contributed by atoms with E-state index in [1.165, 1.54) is 38.8 Å². The van der Waals surface area contributed by atoms with E-state index in [4.69, 9.17) is 27.2 Å². The first-order chi connectivity index (χ1) is 31.5. The third-order valence-electron chi connectivity index (χ3n) is 11.1. The van der Waals surface area contributed by atoms with Gasteiger partial charge in [0.15, 0.2) is 5.78 Å². The Morgan fingerprint density at radius 1 is 0.894 bits per heavy atom. The summed E-state index contributed by atoms with van der Waals surface area (Å²) in [6, 6.07) is 17.3. The number of hydrogen-bond acceptors (Lipinski definition) is 11. The summed E-state index contributed by atoms with van der Waals surface area (Å²) in [5, 5.41) is 34.6. The second-order valence-electron chi connectivity index (χ2n) is 16.1. The number of halogens is 1. The van der Waals surface area contributed by atoms with Crippen LogP contribution >= 0.6 is 11.6 Å². The lowest BCUT2D eigenvalue weighted by Gasteiger charge is -2.32. The van der Waals surface area contributed by atoms with Gasteiger partial charge in [-0.2, -0.15) is 0 Å². The van der Waals surface area contributed by atoms with Gasteiger partial charge in [0, 0.05) is 41.7 Å². The zero-order chi connectivity index (χ0) is 48.1. The van der Waals surface area contributed by atoms with Gasteiger partial charge < -0.3 is 52.2 Å². The lowest BCUT2D eigenvalue weighted by molar-refractivity contribution is -0.141. The van der Waals surface area contributed by atoms with E-state index < -0.39 is 65.7 Å². The van der Waals surface area contributed by atoms with Crippen LogP contribution in [0.4, 0.5) is 0 Å². The second kappa shape index (κ2) is 23.4. The number of benzene rings is 4. The van der Waals surface area contributed by atoms with Crippen LogP contribution in [0.1, 0.15) is 67.6 Å². The number of ketones is 1. The number of aromatic hydroxyl groups is 1. The van der Waals surface area contributed by atoms with E-state index in [1.807, 2.05) is 12.1 Å². The first-order valence-electron chi connectivity index (χ1n) is 21.5. The van der Waals surface area contributed by atoms with Crippen molar-refractivity contribution >= 4 is 52.9 Å². The molecule has 4 aromatic rings. The average Bonchev–Trinajstić information content (AvgIpc) is 3.28. The van der Waals surface area contributed by atoms with Crippen LogP contribution in [0.25, 0.3) is 22.3 Å². The lowest BCUT2D eigenvalue weighted by Crippen LogP contribution is -2.56. The van der Waals surface area contributed by atoms with Crippen LogP contribution in [-0.2, 0) is 35.2 Å². The number of amides is 5. The number of fused-ring (bicyclic) bond motifs is 5. The fourth-order valence-corrected chi connectivity index (χ4v) is 7.42. The Morgan fingerprint density at radius 2 is 1.58 bits per heavy atom. The molecule has 5 rings (SSSR count). The highest BCUT2D eigenvalue weighted by molar-refractivity contribution is 6.30. The van der Waals surface area contributed by atoms with E-state index in [-0.39, 0.29) is 72.1 Å². The number of nitrogens with one attached hydrogen (secondary N) is 5. The maximum atomic E-state index is 14.7. The Labute approximate surface area is 387 Å². The summed E-state index contributed by atoms with van der Waals surface area (Å²) in [6.45, 7) is 4.39. The molecule has 0 radical (unpaired) electrons. The third-order valence-corrected chi connectivity index (χ3v) is 11.4. The molecule has 0 unspecified atom stereocenters. The number of likely N-dealkylation sites (N-methyl/N-ethyl adjacent to an activating group) is 1. The Hall–Kier alpha value is -6.82. The molecule has 1 heterocycles. The van der Waals surface area contributed by atoms with Crippen LogP contribution in [-0.4, -0.2) is 114 Å². The van der Waals surface area contributed by atoms with Crippen LogP contribution in [0.15, 0.2) is 84.9 Å². The largest absolute Gasteiger partial charge is 0.507 e. The number of ether oxygens (including phenoxy) is 1. The molecule has 0 spiro atoms. The van der Waals surface area contributed by atoms with Gasteiger partial charge in [0.05, 0.1) is 12.6 Å². The van der Waals surface area contributed by atoms with Crippen LogP contribution in [0.2, 0.25) is 5.02 Å². The Bertz CT molecular complexity index is 2410. The first kappa shape index (κ1) is 50.2. The normalized spacial score (nSPS) is 16.9. The highest BCUT2D eigenvalue weighted by Gasteiger charge is 2.36. The molecular formula is C48H56ClN7O10. The van der Waals surface area contributed by atoms with Crippen molar-refractivity contribution in [1.82, 2.24) is 31.5 Å². The number of phenols is 1. The molecule has 0 aliphatic carbocycles. The summed E-state index contributed by atoms with van der Waals surface area (Å²) in [5.41, 5.74) is 9.03. The molecule has 350 valence electrons. The zero-order valence-corrected chi connectivity index (χ0v) is 37.9. The first-order valence-corrected chi connectivity index (χ1v) is 21.9. The molecule has 0 saturated carbocycles. The maximum Gasteiger partial charge on any atom is 0.317 e. The van der Waals surface area contributed by atoms with E-state index in [1.54, 1.807) is 66.7 Å². The molecule has 4 bridgehead atoms. The molecule has 0 fully saturated rings. The van der Waals surface area contributed by atoms with Gasteiger partial charge in [-0.3, -0.25) is 33.6 Å². The minimum absolute atomic E-state index is 0.00343. The van der Waals surface area contributed by atoms with E-state index >= 15 is 0 Å². The van der Waals surface area contributed by atoms with Gasteiger partial charge in [0.1, 0.15) is 42.3 Å². The summed E-state index contributed by atoms with van der Waals surface area (Å²) < 4.78 is 6.10. The highest BCUT2D eigenvalue weighted by Crippen LogP contribution is 2.39. The topological polar surface area (TPSA) is 259 Å². The smallest absolute Gasteiger partial charge is 0.317 e. The van der Waals surface area contributed by atoms with Gasteiger partial charge in [-0.1, -0.05) is 48.0 Å². The van der Waals surface area contributed by atoms with Crippen molar-refractivity contribution in [3.8, 4) is 33.8 Å². The summed E-state index contributed by atoms with van der Waals surface area (Å²) in [6.07, 6.45) is 1.08. The van der Waals surface area contributed by atoms with Crippen LogP contribution < -0.4 is 37.1 Å². The standard InChI is InChI=1S/C48H56ClN7O10/c1-27(29(3)57)52-46(63)39-24-30-8-18-40(58)36(23-30)37-25-34(15-19-41(37)66-22-21-51-26-42(59)60)43(47(64)53-28(2)44(61)55-39)56(4)48(65)38(7-5-6-20-50)54-45(62)33-11-9-31(10-12-33)32-13-16-35(49)17-14-32/h8-19,23,25,27-28,38-39,43,51,58H,5-7,20-22,24,26,50H2,1-4H3,(H,52,63)(H,53,64)(H,54,62)(H,55,61)(H,59,60)/t27-,28-,38-,39-,43-/m0/s1. The highest BCUT2D eigenvalue weighted by atomic mass is 35.5. The zero-order valence-electron chi connectivity index (χ0n) is 37.2. The molecule has 5 amide bonds. The van der Waals surface area contributed by atoms with E-state index in [2.05, 4.69) is 26.6 Å². The van der Waals surface area contributed by atoms with Gasteiger partial charge >= 0.3 is 5.97 Å². The van der Waals surface area contributed by atoms with Crippen LogP contribution in [0.5, 0.6) is 11.5 Å². The van der Waals surface area contributed by atoms with Gasteiger partial charge in [-0.05, 0) is 117 Å². The van der Waals surface area contributed by atoms with Crippen molar-refractivity contribution in [2.45, 2.75) is 76.7 Å². The molecule has 1 aliphatic rings.